The van der Waals surface area contributed by atoms with Gasteiger partial charge in [0.05, 0.1) is 12.3 Å². The Balaban J connectivity index is 2.21. The summed E-state index contributed by atoms with van der Waals surface area (Å²) in [5.74, 6) is 0.746. The molecule has 1 heterocycles. The summed E-state index contributed by atoms with van der Waals surface area (Å²) < 4.78 is 24.2. The van der Waals surface area contributed by atoms with Crippen LogP contribution in [0.4, 0.5) is 0 Å². The van der Waals surface area contributed by atoms with Gasteiger partial charge in [0.25, 0.3) is 0 Å². The Morgan fingerprint density at radius 2 is 2.38 bits per heavy atom. The van der Waals surface area contributed by atoms with E-state index in [-0.39, 0.29) is 5.75 Å². The minimum absolute atomic E-state index is 0.0597. The van der Waals surface area contributed by atoms with Gasteiger partial charge >= 0.3 is 0 Å². The van der Waals surface area contributed by atoms with Gasteiger partial charge in [-0.3, -0.25) is 4.99 Å². The molecule has 3 N–H and O–H groups in total. The average molecular weight is 206 g/mol. The summed E-state index contributed by atoms with van der Waals surface area (Å²) in [4.78, 5) is 4.06. The molecule has 0 bridgehead atoms. The molecular formula is C6H14N4O2S. The van der Waals surface area contributed by atoms with E-state index in [2.05, 4.69) is 20.3 Å². The molecule has 1 rings (SSSR count). The van der Waals surface area contributed by atoms with E-state index >= 15 is 0 Å². The second kappa shape index (κ2) is 4.43. The van der Waals surface area contributed by atoms with Crippen LogP contribution in [0.25, 0.3) is 0 Å². The summed E-state index contributed by atoms with van der Waals surface area (Å²) in [5, 5.41) is 5.88. The summed E-state index contributed by atoms with van der Waals surface area (Å²) in [6.07, 6.45) is 0. The Morgan fingerprint density at radius 1 is 1.62 bits per heavy atom. The smallest absolute Gasteiger partial charge is 0.213 e. The van der Waals surface area contributed by atoms with E-state index < -0.39 is 10.0 Å². The average Bonchev–Trinajstić information content (AvgIpc) is 2.57. The number of rotatable bonds is 4. The summed E-state index contributed by atoms with van der Waals surface area (Å²) in [7, 11) is -1.70. The molecule has 13 heavy (non-hydrogen) atoms. The lowest BCUT2D eigenvalue weighted by atomic mass is 10.7. The van der Waals surface area contributed by atoms with Crippen molar-refractivity contribution in [3.05, 3.63) is 0 Å². The third kappa shape index (κ3) is 3.60. The lowest BCUT2D eigenvalue weighted by Crippen LogP contribution is -2.38. The molecule has 1 aliphatic rings. The van der Waals surface area contributed by atoms with Gasteiger partial charge in [0.15, 0.2) is 5.96 Å². The molecule has 76 valence electrons. The van der Waals surface area contributed by atoms with E-state index in [0.717, 1.165) is 13.1 Å². The van der Waals surface area contributed by atoms with Crippen molar-refractivity contribution in [3.63, 3.8) is 0 Å². The number of aliphatic imine (C=N–C) groups is 1. The van der Waals surface area contributed by atoms with Crippen molar-refractivity contribution >= 4 is 16.0 Å². The second-order valence-corrected chi connectivity index (χ2v) is 4.65. The van der Waals surface area contributed by atoms with Crippen molar-refractivity contribution in [2.45, 2.75) is 0 Å². The van der Waals surface area contributed by atoms with E-state index in [1.807, 2.05) is 0 Å². The van der Waals surface area contributed by atoms with Crippen molar-refractivity contribution in [2.24, 2.45) is 4.99 Å². The molecule has 0 aromatic rings. The van der Waals surface area contributed by atoms with Gasteiger partial charge in [-0.1, -0.05) is 0 Å². The number of hydrogen-bond acceptors (Lipinski definition) is 5. The summed E-state index contributed by atoms with van der Waals surface area (Å²) in [6, 6.07) is 0. The number of guanidine groups is 1. The zero-order chi connectivity index (χ0) is 9.73. The van der Waals surface area contributed by atoms with Crippen LogP contribution in [0.5, 0.6) is 0 Å². The fraction of sp³-hybridized carbons (Fsp3) is 0.833. The highest BCUT2D eigenvalue weighted by atomic mass is 32.2. The zero-order valence-electron chi connectivity index (χ0n) is 7.50. The molecule has 1 aliphatic heterocycles. The maximum absolute atomic E-state index is 11.0. The van der Waals surface area contributed by atoms with Crippen LogP contribution < -0.4 is 15.4 Å². The Labute approximate surface area is 77.9 Å². The van der Waals surface area contributed by atoms with Crippen LogP contribution in [0.15, 0.2) is 4.99 Å². The third-order valence-corrected chi connectivity index (χ3v) is 3.01. The number of hydrogen-bond donors (Lipinski definition) is 3. The SMILES string of the molecule is CNS(=O)(=O)CCNC1=NCCN1. The van der Waals surface area contributed by atoms with Crippen LogP contribution in [-0.2, 0) is 10.0 Å². The summed E-state index contributed by atoms with van der Waals surface area (Å²) in [6.45, 7) is 1.94. The van der Waals surface area contributed by atoms with E-state index in [9.17, 15) is 8.42 Å². The topological polar surface area (TPSA) is 82.6 Å². The Morgan fingerprint density at radius 3 is 2.92 bits per heavy atom. The van der Waals surface area contributed by atoms with Crippen LogP contribution in [0.1, 0.15) is 0 Å². The predicted molar refractivity (Wildman–Crippen MR) is 51.2 cm³/mol. The molecule has 0 radical (unpaired) electrons. The van der Waals surface area contributed by atoms with E-state index in [0.29, 0.717) is 12.5 Å². The van der Waals surface area contributed by atoms with E-state index in [1.165, 1.54) is 7.05 Å². The van der Waals surface area contributed by atoms with Crippen LogP contribution in [0.3, 0.4) is 0 Å². The molecule has 0 saturated carbocycles. The number of nitrogens with one attached hydrogen (secondary N) is 3. The van der Waals surface area contributed by atoms with Gasteiger partial charge in [0, 0.05) is 13.1 Å². The lowest BCUT2D eigenvalue weighted by Gasteiger charge is -2.05. The molecule has 0 unspecified atom stereocenters. The first-order chi connectivity index (χ1) is 6.14. The molecular weight excluding hydrogens is 192 g/mol. The van der Waals surface area contributed by atoms with Crippen LogP contribution in [0.2, 0.25) is 0 Å². The zero-order valence-corrected chi connectivity index (χ0v) is 8.32. The quantitative estimate of drug-likeness (QED) is 0.501. The third-order valence-electron chi connectivity index (χ3n) is 1.65. The van der Waals surface area contributed by atoms with Crippen LogP contribution in [0, 0.1) is 0 Å². The van der Waals surface area contributed by atoms with Crippen LogP contribution >= 0.6 is 0 Å². The molecule has 0 amide bonds. The van der Waals surface area contributed by atoms with Crippen molar-refractivity contribution < 1.29 is 8.42 Å². The first kappa shape index (κ1) is 10.3. The number of sulfonamides is 1. The molecule has 0 aromatic heterocycles. The maximum Gasteiger partial charge on any atom is 0.213 e. The highest BCUT2D eigenvalue weighted by molar-refractivity contribution is 7.89. The largest absolute Gasteiger partial charge is 0.355 e. The van der Waals surface area contributed by atoms with Crippen molar-refractivity contribution in [1.29, 1.82) is 0 Å². The molecule has 0 aromatic carbocycles. The standard InChI is InChI=1S/C6H14N4O2S/c1-7-13(11,12)5-4-10-6-8-2-3-9-6/h7H,2-5H2,1H3,(H2,8,9,10). The van der Waals surface area contributed by atoms with Gasteiger partial charge < -0.3 is 10.6 Å². The molecule has 0 spiro atoms. The lowest BCUT2D eigenvalue weighted by molar-refractivity contribution is 0.587. The molecule has 6 nitrogen and oxygen atoms in total. The van der Waals surface area contributed by atoms with Crippen molar-refractivity contribution in [2.75, 3.05) is 32.4 Å². The van der Waals surface area contributed by atoms with Crippen molar-refractivity contribution in [1.82, 2.24) is 15.4 Å². The Kier molecular flexibility index (Phi) is 3.49. The van der Waals surface area contributed by atoms with Crippen molar-refractivity contribution in [3.8, 4) is 0 Å². The molecule has 0 atom stereocenters. The maximum atomic E-state index is 11.0. The predicted octanol–water partition coefficient (Wildman–Crippen LogP) is -1.92. The highest BCUT2D eigenvalue weighted by Crippen LogP contribution is 1.83. The van der Waals surface area contributed by atoms with Gasteiger partial charge in [0.2, 0.25) is 10.0 Å². The van der Waals surface area contributed by atoms with E-state index in [4.69, 9.17) is 0 Å². The fourth-order valence-corrected chi connectivity index (χ4v) is 1.50. The first-order valence-corrected chi connectivity index (χ1v) is 5.73. The number of nitrogens with zero attached hydrogens (tertiary/aromatic N) is 1. The first-order valence-electron chi connectivity index (χ1n) is 4.07. The second-order valence-electron chi connectivity index (χ2n) is 2.61. The minimum atomic E-state index is -3.11. The normalized spacial score (nSPS) is 16.5. The van der Waals surface area contributed by atoms with Gasteiger partial charge in [-0.25, -0.2) is 13.1 Å². The van der Waals surface area contributed by atoms with Crippen LogP contribution in [-0.4, -0.2) is 46.8 Å². The monoisotopic (exact) mass is 206 g/mol. The summed E-state index contributed by atoms with van der Waals surface area (Å²) >= 11 is 0. The van der Waals surface area contributed by atoms with Gasteiger partial charge in [-0.2, -0.15) is 0 Å². The molecule has 7 heteroatoms. The molecule has 0 aliphatic carbocycles. The Bertz CT molecular complexity index is 285. The molecule has 0 saturated heterocycles. The minimum Gasteiger partial charge on any atom is -0.355 e. The molecule has 0 fully saturated rings. The Hall–Kier alpha value is -0.820. The van der Waals surface area contributed by atoms with E-state index in [1.54, 1.807) is 0 Å². The fourth-order valence-electron chi connectivity index (χ4n) is 0.922. The van der Waals surface area contributed by atoms with Gasteiger partial charge in [-0.05, 0) is 7.05 Å². The highest BCUT2D eigenvalue weighted by Gasteiger charge is 2.08. The van der Waals surface area contributed by atoms with Gasteiger partial charge in [0.1, 0.15) is 0 Å². The summed E-state index contributed by atoms with van der Waals surface area (Å²) in [5.41, 5.74) is 0. The van der Waals surface area contributed by atoms with Gasteiger partial charge in [-0.15, -0.1) is 0 Å².